The Morgan fingerprint density at radius 2 is 1.83 bits per heavy atom. The molecule has 8 heteroatoms. The summed E-state index contributed by atoms with van der Waals surface area (Å²) in [5.41, 5.74) is 5.15. The van der Waals surface area contributed by atoms with E-state index >= 15 is 0 Å². The smallest absolute Gasteiger partial charge is 0.326 e. The Morgan fingerprint density at radius 1 is 1.07 bits per heavy atom. The summed E-state index contributed by atoms with van der Waals surface area (Å²) in [6.07, 6.45) is 5.02. The number of carboxylic acid groups (broad SMARTS) is 1. The van der Waals surface area contributed by atoms with Crippen molar-refractivity contribution in [3.63, 3.8) is 0 Å². The number of benzene rings is 3. The van der Waals surface area contributed by atoms with Gasteiger partial charge in [0.1, 0.15) is 24.0 Å². The van der Waals surface area contributed by atoms with E-state index in [1.807, 2.05) is 79.5 Å². The highest BCUT2D eigenvalue weighted by atomic mass is 32.2. The fourth-order valence-electron chi connectivity index (χ4n) is 4.90. The zero-order valence-corrected chi connectivity index (χ0v) is 26.0. The maximum absolute atomic E-state index is 13.4. The zero-order chi connectivity index (χ0) is 29.9. The second kappa shape index (κ2) is 15.9. The van der Waals surface area contributed by atoms with E-state index in [4.69, 9.17) is 9.47 Å². The van der Waals surface area contributed by atoms with E-state index in [1.54, 1.807) is 17.8 Å². The van der Waals surface area contributed by atoms with Crippen molar-refractivity contribution in [3.8, 4) is 11.1 Å². The normalized spacial score (nSPS) is 15.9. The lowest BCUT2D eigenvalue weighted by molar-refractivity contribution is -0.139. The number of hydrogen-bond donors (Lipinski definition) is 2. The van der Waals surface area contributed by atoms with Gasteiger partial charge in [-0.15, -0.1) is 0 Å². The van der Waals surface area contributed by atoms with Crippen LogP contribution in [-0.2, 0) is 20.9 Å². The van der Waals surface area contributed by atoms with Crippen LogP contribution in [0.1, 0.15) is 46.8 Å². The monoisotopic (exact) mass is 605 g/mol. The molecule has 1 amide bonds. The first-order chi connectivity index (χ1) is 20.4. The van der Waals surface area contributed by atoms with E-state index in [2.05, 4.69) is 30.4 Å². The largest absolute Gasteiger partial charge is 0.487 e. The highest BCUT2D eigenvalue weighted by Gasteiger charge is 2.29. The minimum absolute atomic E-state index is 0.0746. The van der Waals surface area contributed by atoms with Crippen molar-refractivity contribution in [2.75, 3.05) is 23.5 Å². The first-order valence-corrected chi connectivity index (χ1v) is 16.8. The van der Waals surface area contributed by atoms with Gasteiger partial charge in [0.25, 0.3) is 5.91 Å². The quantitative estimate of drug-likeness (QED) is 0.192. The van der Waals surface area contributed by atoms with Gasteiger partial charge in [-0.05, 0) is 71.6 Å². The topological polar surface area (TPSA) is 84.9 Å². The van der Waals surface area contributed by atoms with Crippen LogP contribution in [0.5, 0.6) is 0 Å². The third-order valence-electron chi connectivity index (χ3n) is 7.22. The molecule has 3 unspecified atom stereocenters. The van der Waals surface area contributed by atoms with Crippen LogP contribution in [0.4, 0.5) is 0 Å². The molecule has 0 fully saturated rings. The van der Waals surface area contributed by atoms with Gasteiger partial charge in [-0.2, -0.15) is 23.5 Å². The fourth-order valence-corrected chi connectivity index (χ4v) is 6.16. The molecule has 0 saturated carbocycles. The number of carbonyl (C=O) groups is 2. The van der Waals surface area contributed by atoms with Crippen molar-refractivity contribution in [2.45, 2.75) is 51.5 Å². The van der Waals surface area contributed by atoms with E-state index in [1.165, 1.54) is 0 Å². The van der Waals surface area contributed by atoms with Crippen LogP contribution in [-0.4, -0.2) is 58.7 Å². The van der Waals surface area contributed by atoms with E-state index in [0.29, 0.717) is 24.3 Å². The van der Waals surface area contributed by atoms with Crippen LogP contribution >= 0.6 is 23.5 Å². The zero-order valence-electron chi connectivity index (χ0n) is 24.4. The van der Waals surface area contributed by atoms with Crippen LogP contribution < -0.4 is 5.32 Å². The average Bonchev–Trinajstić information content (AvgIpc) is 3.50. The molecule has 1 aliphatic rings. The number of ether oxygens (including phenoxy) is 2. The maximum Gasteiger partial charge on any atom is 0.326 e. The second-order valence-corrected chi connectivity index (χ2v) is 12.5. The molecule has 1 aliphatic heterocycles. The van der Waals surface area contributed by atoms with Gasteiger partial charge in [0.05, 0.1) is 6.61 Å². The number of aliphatic carboxylic acids is 1. The summed E-state index contributed by atoms with van der Waals surface area (Å²) in [4.78, 5) is 25.2. The SMILES string of the molecule is CCSCC(OCc1ccc(C(=O)NC(CCSC)C(=O)O)c(-c2ccccc2C)c1)C1CC=C(c2ccccc2)O1. The van der Waals surface area contributed by atoms with Crippen LogP contribution in [0.3, 0.4) is 0 Å². The second-order valence-electron chi connectivity index (χ2n) is 10.2. The minimum Gasteiger partial charge on any atom is -0.487 e. The number of carbonyl (C=O) groups excluding carboxylic acids is 1. The van der Waals surface area contributed by atoms with E-state index in [0.717, 1.165) is 51.5 Å². The molecule has 0 radical (unpaired) electrons. The molecule has 3 aromatic carbocycles. The summed E-state index contributed by atoms with van der Waals surface area (Å²) in [7, 11) is 0. The maximum atomic E-state index is 13.4. The first kappa shape index (κ1) is 31.7. The number of carboxylic acids is 1. The van der Waals surface area contributed by atoms with Gasteiger partial charge in [-0.3, -0.25) is 4.79 Å². The lowest BCUT2D eigenvalue weighted by Crippen LogP contribution is -2.41. The summed E-state index contributed by atoms with van der Waals surface area (Å²) < 4.78 is 12.9. The highest BCUT2D eigenvalue weighted by Crippen LogP contribution is 2.32. The summed E-state index contributed by atoms with van der Waals surface area (Å²) in [5.74, 6) is 1.91. The third-order valence-corrected chi connectivity index (χ3v) is 8.83. The summed E-state index contributed by atoms with van der Waals surface area (Å²) in [6.45, 7) is 4.51. The lowest BCUT2D eigenvalue weighted by Gasteiger charge is -2.25. The van der Waals surface area contributed by atoms with Crippen molar-refractivity contribution < 1.29 is 24.2 Å². The predicted octanol–water partition coefficient (Wildman–Crippen LogP) is 7.07. The van der Waals surface area contributed by atoms with Crippen molar-refractivity contribution >= 4 is 41.2 Å². The molecule has 6 nitrogen and oxygen atoms in total. The molecule has 4 rings (SSSR count). The van der Waals surface area contributed by atoms with Crippen molar-refractivity contribution in [3.05, 3.63) is 101 Å². The predicted molar refractivity (Wildman–Crippen MR) is 174 cm³/mol. The number of hydrogen-bond acceptors (Lipinski definition) is 6. The Labute approximate surface area is 257 Å². The Bertz CT molecular complexity index is 1380. The highest BCUT2D eigenvalue weighted by molar-refractivity contribution is 7.99. The Kier molecular flexibility index (Phi) is 12.0. The molecule has 3 aromatic rings. The number of nitrogens with one attached hydrogen (secondary N) is 1. The molecule has 0 aromatic heterocycles. The Morgan fingerprint density at radius 3 is 2.55 bits per heavy atom. The molecular formula is C34H39NO5S2. The number of thioether (sulfide) groups is 2. The van der Waals surface area contributed by atoms with Crippen LogP contribution in [0.15, 0.2) is 78.9 Å². The van der Waals surface area contributed by atoms with Crippen LogP contribution in [0.2, 0.25) is 0 Å². The molecule has 0 bridgehead atoms. The van der Waals surface area contributed by atoms with E-state index < -0.39 is 17.9 Å². The van der Waals surface area contributed by atoms with Gasteiger partial charge < -0.3 is 19.9 Å². The van der Waals surface area contributed by atoms with Crippen molar-refractivity contribution in [2.24, 2.45) is 0 Å². The number of rotatable bonds is 15. The molecule has 0 saturated heterocycles. The lowest BCUT2D eigenvalue weighted by atomic mass is 9.93. The first-order valence-electron chi connectivity index (χ1n) is 14.2. The van der Waals surface area contributed by atoms with Gasteiger partial charge in [-0.1, -0.05) is 67.6 Å². The molecule has 2 N–H and O–H groups in total. The van der Waals surface area contributed by atoms with Gasteiger partial charge in [0.15, 0.2) is 0 Å². The molecule has 222 valence electrons. The fraction of sp³-hybridized carbons (Fsp3) is 0.353. The van der Waals surface area contributed by atoms with Gasteiger partial charge >= 0.3 is 5.97 Å². The minimum atomic E-state index is -1.03. The van der Waals surface area contributed by atoms with E-state index in [9.17, 15) is 14.7 Å². The Balaban J connectivity index is 1.54. The van der Waals surface area contributed by atoms with E-state index in [-0.39, 0.29) is 12.2 Å². The van der Waals surface area contributed by atoms with Crippen LogP contribution in [0, 0.1) is 6.92 Å². The van der Waals surface area contributed by atoms with Gasteiger partial charge in [0, 0.05) is 23.3 Å². The molecule has 1 heterocycles. The molecule has 0 spiro atoms. The summed E-state index contributed by atoms with van der Waals surface area (Å²) in [5, 5.41) is 12.4. The molecular weight excluding hydrogens is 567 g/mol. The van der Waals surface area contributed by atoms with Gasteiger partial charge in [-0.25, -0.2) is 4.79 Å². The molecule has 42 heavy (non-hydrogen) atoms. The molecule has 3 atom stereocenters. The number of aryl methyl sites for hydroxylation is 1. The summed E-state index contributed by atoms with van der Waals surface area (Å²) in [6, 6.07) is 22.7. The Hall–Kier alpha value is -3.20. The average molecular weight is 606 g/mol. The molecule has 0 aliphatic carbocycles. The van der Waals surface area contributed by atoms with Gasteiger partial charge in [0.2, 0.25) is 0 Å². The number of amides is 1. The third kappa shape index (κ3) is 8.43. The van der Waals surface area contributed by atoms with Crippen molar-refractivity contribution in [1.29, 1.82) is 0 Å². The summed E-state index contributed by atoms with van der Waals surface area (Å²) >= 11 is 3.38. The standard InChI is InChI=1S/C34H39NO5S2/c1-4-42-22-32(31-17-16-30(40-31)25-11-6-5-7-12-25)39-21-24-14-15-27(28(20-24)26-13-9-8-10-23(26)2)33(36)35-29(34(37)38)18-19-41-3/h5-16,20,29,31-32H,4,17-19,21-22H2,1-3H3,(H,35,36)(H,37,38). The van der Waals surface area contributed by atoms with Crippen LogP contribution in [0.25, 0.3) is 16.9 Å². The van der Waals surface area contributed by atoms with Crippen molar-refractivity contribution in [1.82, 2.24) is 5.32 Å².